The predicted molar refractivity (Wildman–Crippen MR) is 62.5 cm³/mol. The molecule has 1 aromatic carbocycles. The van der Waals surface area contributed by atoms with Gasteiger partial charge in [0.15, 0.2) is 0 Å². The first-order valence-corrected chi connectivity index (χ1v) is 6.21. The van der Waals surface area contributed by atoms with Crippen molar-refractivity contribution in [2.75, 3.05) is 0 Å². The molecule has 0 N–H and O–H groups in total. The fourth-order valence-corrected chi connectivity index (χ4v) is 4.23. The molecule has 2 rings (SSSR count). The Morgan fingerprint density at radius 1 is 1.08 bits per heavy atom. The lowest BCUT2D eigenvalue weighted by Gasteiger charge is -1.98. The van der Waals surface area contributed by atoms with Crippen molar-refractivity contribution in [3.63, 3.8) is 0 Å². The SMILES string of the molecule is BrC1C(c2ccccc2)C1(Br)Br. The maximum atomic E-state index is 3.62. The van der Waals surface area contributed by atoms with Crippen LogP contribution in [0.15, 0.2) is 30.3 Å². The Morgan fingerprint density at radius 3 is 2.00 bits per heavy atom. The lowest BCUT2D eigenvalue weighted by molar-refractivity contribution is 1.14. The Balaban J connectivity index is 2.25. The highest BCUT2D eigenvalue weighted by Crippen LogP contribution is 2.65. The van der Waals surface area contributed by atoms with Crippen LogP contribution >= 0.6 is 47.8 Å². The van der Waals surface area contributed by atoms with Crippen LogP contribution in [-0.4, -0.2) is 8.06 Å². The van der Waals surface area contributed by atoms with Crippen LogP contribution in [0, 0.1) is 0 Å². The number of hydrogen-bond acceptors (Lipinski definition) is 0. The third-order valence-corrected chi connectivity index (χ3v) is 6.58. The molecule has 1 saturated carbocycles. The zero-order chi connectivity index (χ0) is 8.77. The van der Waals surface area contributed by atoms with Crippen LogP contribution in [0.4, 0.5) is 0 Å². The maximum Gasteiger partial charge on any atom is 0.102 e. The summed E-state index contributed by atoms with van der Waals surface area (Å²) in [5.74, 6) is 0.540. The Hall–Kier alpha value is 0.660. The first kappa shape index (κ1) is 9.22. The lowest BCUT2D eigenvalue weighted by Crippen LogP contribution is -1.87. The minimum atomic E-state index is 0.0708. The molecule has 12 heavy (non-hydrogen) atoms. The molecule has 2 unspecified atom stereocenters. The minimum absolute atomic E-state index is 0.0708. The van der Waals surface area contributed by atoms with Crippen molar-refractivity contribution in [1.82, 2.24) is 0 Å². The molecule has 3 heteroatoms. The Labute approximate surface area is 97.1 Å². The highest BCUT2D eigenvalue weighted by Gasteiger charge is 2.61. The molecule has 2 atom stereocenters. The summed E-state index contributed by atoms with van der Waals surface area (Å²) in [6.45, 7) is 0. The molecule has 0 bridgehead atoms. The van der Waals surface area contributed by atoms with E-state index in [1.807, 2.05) is 6.07 Å². The molecule has 0 saturated heterocycles. The molecule has 1 aliphatic rings. The van der Waals surface area contributed by atoms with Crippen molar-refractivity contribution < 1.29 is 0 Å². The number of alkyl halides is 3. The highest BCUT2D eigenvalue weighted by atomic mass is 79.9. The molecule has 0 aliphatic heterocycles. The maximum absolute atomic E-state index is 3.62. The van der Waals surface area contributed by atoms with Gasteiger partial charge in [0.25, 0.3) is 0 Å². The molecule has 0 heterocycles. The van der Waals surface area contributed by atoms with Gasteiger partial charge in [-0.15, -0.1) is 0 Å². The first-order chi connectivity index (χ1) is 5.64. The normalized spacial score (nSPS) is 31.6. The average molecular weight is 355 g/mol. The monoisotopic (exact) mass is 352 g/mol. The lowest BCUT2D eigenvalue weighted by atomic mass is 10.1. The zero-order valence-electron chi connectivity index (χ0n) is 6.18. The van der Waals surface area contributed by atoms with Gasteiger partial charge in [0.05, 0.1) is 0 Å². The number of benzene rings is 1. The van der Waals surface area contributed by atoms with Crippen molar-refractivity contribution in [2.45, 2.75) is 14.0 Å². The summed E-state index contributed by atoms with van der Waals surface area (Å²) in [5.41, 5.74) is 1.37. The van der Waals surface area contributed by atoms with E-state index in [1.54, 1.807) is 0 Å². The van der Waals surface area contributed by atoms with Gasteiger partial charge in [0.1, 0.15) is 3.23 Å². The summed E-state index contributed by atoms with van der Waals surface area (Å²) < 4.78 is 0.0708. The molecule has 64 valence electrons. The summed E-state index contributed by atoms with van der Waals surface area (Å²) >= 11 is 10.9. The molecule has 1 fully saturated rings. The third kappa shape index (κ3) is 1.40. The number of hydrogen-bond donors (Lipinski definition) is 0. The van der Waals surface area contributed by atoms with Crippen LogP contribution in [0.1, 0.15) is 11.5 Å². The molecular weight excluding hydrogens is 348 g/mol. The van der Waals surface area contributed by atoms with Crippen LogP contribution in [0.2, 0.25) is 0 Å². The van der Waals surface area contributed by atoms with E-state index in [0.29, 0.717) is 10.7 Å². The standard InChI is InChI=1S/C9H7Br3/c10-8-7(9(8,11)12)6-4-2-1-3-5-6/h1-5,7-8H. The van der Waals surface area contributed by atoms with E-state index in [2.05, 4.69) is 72.1 Å². The van der Waals surface area contributed by atoms with Gasteiger partial charge in [-0.1, -0.05) is 78.1 Å². The summed E-state index contributed by atoms with van der Waals surface area (Å²) in [5, 5.41) is 0. The van der Waals surface area contributed by atoms with E-state index in [4.69, 9.17) is 0 Å². The van der Waals surface area contributed by atoms with Crippen molar-refractivity contribution in [3.05, 3.63) is 35.9 Å². The number of halogens is 3. The van der Waals surface area contributed by atoms with E-state index >= 15 is 0 Å². The van der Waals surface area contributed by atoms with Gasteiger partial charge in [-0.05, 0) is 5.56 Å². The van der Waals surface area contributed by atoms with E-state index in [0.717, 1.165) is 0 Å². The van der Waals surface area contributed by atoms with Gasteiger partial charge in [0, 0.05) is 10.7 Å². The first-order valence-electron chi connectivity index (χ1n) is 3.71. The number of rotatable bonds is 1. The van der Waals surface area contributed by atoms with Gasteiger partial charge in [-0.25, -0.2) is 0 Å². The Morgan fingerprint density at radius 2 is 1.58 bits per heavy atom. The van der Waals surface area contributed by atoms with E-state index in [1.165, 1.54) is 5.56 Å². The third-order valence-electron chi connectivity index (χ3n) is 2.12. The fourth-order valence-electron chi connectivity index (χ4n) is 1.34. The molecule has 0 radical (unpaired) electrons. The molecule has 1 aromatic rings. The zero-order valence-corrected chi connectivity index (χ0v) is 10.9. The van der Waals surface area contributed by atoms with Crippen LogP contribution in [-0.2, 0) is 0 Å². The van der Waals surface area contributed by atoms with Crippen LogP contribution in [0.25, 0.3) is 0 Å². The van der Waals surface area contributed by atoms with Crippen molar-refractivity contribution >= 4 is 47.8 Å². The van der Waals surface area contributed by atoms with Gasteiger partial charge in [0.2, 0.25) is 0 Å². The molecule has 0 spiro atoms. The van der Waals surface area contributed by atoms with Gasteiger partial charge in [-0.2, -0.15) is 0 Å². The van der Waals surface area contributed by atoms with Gasteiger partial charge >= 0.3 is 0 Å². The van der Waals surface area contributed by atoms with E-state index < -0.39 is 0 Å². The summed E-state index contributed by atoms with van der Waals surface area (Å²) in [7, 11) is 0. The topological polar surface area (TPSA) is 0 Å². The quantitative estimate of drug-likeness (QED) is 0.668. The van der Waals surface area contributed by atoms with E-state index in [9.17, 15) is 0 Å². The second-order valence-corrected chi connectivity index (χ2v) is 7.64. The molecular formula is C9H7Br3. The van der Waals surface area contributed by atoms with Crippen LogP contribution < -0.4 is 0 Å². The fraction of sp³-hybridized carbons (Fsp3) is 0.333. The predicted octanol–water partition coefficient (Wildman–Crippen LogP) is 4.03. The summed E-state index contributed by atoms with van der Waals surface area (Å²) in [6, 6.07) is 10.5. The largest absolute Gasteiger partial charge is 0.102 e. The molecule has 1 aliphatic carbocycles. The molecule has 0 amide bonds. The van der Waals surface area contributed by atoms with Crippen molar-refractivity contribution in [1.29, 1.82) is 0 Å². The summed E-state index contributed by atoms with van der Waals surface area (Å²) in [4.78, 5) is 0.493. The second-order valence-electron chi connectivity index (χ2n) is 2.96. The van der Waals surface area contributed by atoms with E-state index in [-0.39, 0.29) is 3.23 Å². The van der Waals surface area contributed by atoms with Crippen LogP contribution in [0.3, 0.4) is 0 Å². The molecule has 0 nitrogen and oxygen atoms in total. The average Bonchev–Trinajstić information content (AvgIpc) is 2.53. The smallest absolute Gasteiger partial charge is 0.0858 e. The summed E-state index contributed by atoms with van der Waals surface area (Å²) in [6.07, 6.45) is 0. The Bertz CT molecular complexity index is 281. The van der Waals surface area contributed by atoms with Gasteiger partial charge < -0.3 is 0 Å². The van der Waals surface area contributed by atoms with Gasteiger partial charge in [-0.3, -0.25) is 0 Å². The minimum Gasteiger partial charge on any atom is -0.0858 e. The Kier molecular flexibility index (Phi) is 2.39. The molecule has 0 aromatic heterocycles. The highest BCUT2D eigenvalue weighted by molar-refractivity contribution is 9.26. The van der Waals surface area contributed by atoms with Crippen molar-refractivity contribution in [3.8, 4) is 0 Å². The van der Waals surface area contributed by atoms with Crippen molar-refractivity contribution in [2.24, 2.45) is 0 Å². The second kappa shape index (κ2) is 3.10. The van der Waals surface area contributed by atoms with Crippen LogP contribution in [0.5, 0.6) is 0 Å².